The zero-order chi connectivity index (χ0) is 11.6. The van der Waals surface area contributed by atoms with Gasteiger partial charge in [-0.3, -0.25) is 4.98 Å². The van der Waals surface area contributed by atoms with Crippen LogP contribution in [-0.2, 0) is 5.60 Å². The number of rotatable bonds is 3. The number of nitrogens with zero attached hydrogens (tertiary/aromatic N) is 1. The third-order valence-electron chi connectivity index (χ3n) is 2.78. The summed E-state index contributed by atoms with van der Waals surface area (Å²) in [5.74, 6) is 0. The lowest BCUT2D eigenvalue weighted by atomic mass is 9.92. The van der Waals surface area contributed by atoms with Gasteiger partial charge in [-0.25, -0.2) is 0 Å². The van der Waals surface area contributed by atoms with Gasteiger partial charge in [0.2, 0.25) is 0 Å². The largest absolute Gasteiger partial charge is 0.384 e. The number of hydrogen-bond acceptors (Lipinski definition) is 3. The molecule has 0 radical (unpaired) electrons. The van der Waals surface area contributed by atoms with Gasteiger partial charge in [-0.15, -0.1) is 0 Å². The van der Waals surface area contributed by atoms with E-state index in [1.165, 1.54) is 0 Å². The topological polar surface area (TPSA) is 45.1 Å². The molecule has 0 spiro atoms. The molecule has 3 nitrogen and oxygen atoms in total. The molecule has 0 amide bonds. The zero-order valence-electron chi connectivity index (χ0n) is 9.57. The SMILES string of the molecule is CNCC(C)(O)c1cccc2ccncc12. The van der Waals surface area contributed by atoms with Crippen molar-refractivity contribution in [3.63, 3.8) is 0 Å². The Bertz CT molecular complexity index is 489. The van der Waals surface area contributed by atoms with Gasteiger partial charge in [0.05, 0.1) is 5.60 Å². The summed E-state index contributed by atoms with van der Waals surface area (Å²) >= 11 is 0. The van der Waals surface area contributed by atoms with Crippen LogP contribution in [0.2, 0.25) is 0 Å². The van der Waals surface area contributed by atoms with Crippen LogP contribution in [0.15, 0.2) is 36.7 Å². The Kier molecular flexibility index (Phi) is 2.90. The molecule has 0 aliphatic heterocycles. The standard InChI is InChI=1S/C13H16N2O/c1-13(16,9-14-2)12-5-3-4-10-6-7-15-8-11(10)12/h3-8,14,16H,9H2,1-2H3. The van der Waals surface area contributed by atoms with Gasteiger partial charge < -0.3 is 10.4 Å². The molecule has 0 bridgehead atoms. The van der Waals surface area contributed by atoms with E-state index in [9.17, 15) is 5.11 Å². The highest BCUT2D eigenvalue weighted by molar-refractivity contribution is 5.85. The molecule has 1 atom stereocenters. The molecule has 2 N–H and O–H groups in total. The summed E-state index contributed by atoms with van der Waals surface area (Å²) in [7, 11) is 1.83. The molecule has 3 heteroatoms. The average molecular weight is 216 g/mol. The highest BCUT2D eigenvalue weighted by atomic mass is 16.3. The van der Waals surface area contributed by atoms with Crippen molar-refractivity contribution >= 4 is 10.8 Å². The smallest absolute Gasteiger partial charge is 0.0998 e. The minimum atomic E-state index is -0.878. The first kappa shape index (κ1) is 11.0. The molecule has 2 rings (SSSR count). The molecule has 1 aromatic heterocycles. The minimum Gasteiger partial charge on any atom is -0.384 e. The van der Waals surface area contributed by atoms with Crippen LogP contribution in [0.25, 0.3) is 10.8 Å². The highest BCUT2D eigenvalue weighted by Gasteiger charge is 2.23. The van der Waals surface area contributed by atoms with Crippen molar-refractivity contribution in [2.75, 3.05) is 13.6 Å². The monoisotopic (exact) mass is 216 g/mol. The molecule has 16 heavy (non-hydrogen) atoms. The maximum absolute atomic E-state index is 10.4. The van der Waals surface area contributed by atoms with Gasteiger partial charge in [-0.05, 0) is 31.0 Å². The van der Waals surface area contributed by atoms with E-state index in [2.05, 4.69) is 10.3 Å². The van der Waals surface area contributed by atoms with Gasteiger partial charge in [0.15, 0.2) is 0 Å². The van der Waals surface area contributed by atoms with Crippen molar-refractivity contribution in [3.05, 3.63) is 42.2 Å². The molecule has 0 aliphatic rings. The third kappa shape index (κ3) is 1.92. The zero-order valence-corrected chi connectivity index (χ0v) is 9.57. The van der Waals surface area contributed by atoms with Crippen LogP contribution in [0.1, 0.15) is 12.5 Å². The average Bonchev–Trinajstić information content (AvgIpc) is 2.28. The maximum Gasteiger partial charge on any atom is 0.0998 e. The van der Waals surface area contributed by atoms with Crippen LogP contribution in [0, 0.1) is 0 Å². The molecule has 0 aliphatic carbocycles. The number of hydrogen-bond donors (Lipinski definition) is 2. The minimum absolute atomic E-state index is 0.515. The van der Waals surface area contributed by atoms with E-state index >= 15 is 0 Å². The molecule has 1 aromatic carbocycles. The first-order valence-electron chi connectivity index (χ1n) is 5.35. The molecule has 84 valence electrons. The highest BCUT2D eigenvalue weighted by Crippen LogP contribution is 2.27. The fourth-order valence-electron chi connectivity index (χ4n) is 2.02. The van der Waals surface area contributed by atoms with Gasteiger partial charge in [-0.1, -0.05) is 18.2 Å². The van der Waals surface area contributed by atoms with E-state index in [0.717, 1.165) is 16.3 Å². The summed E-state index contributed by atoms with van der Waals surface area (Å²) in [5, 5.41) is 15.5. The molecule has 0 saturated heterocycles. The van der Waals surface area contributed by atoms with Gasteiger partial charge in [-0.2, -0.15) is 0 Å². The van der Waals surface area contributed by atoms with Crippen molar-refractivity contribution in [2.24, 2.45) is 0 Å². The van der Waals surface area contributed by atoms with Gasteiger partial charge in [0.25, 0.3) is 0 Å². The Morgan fingerprint density at radius 1 is 1.38 bits per heavy atom. The van der Waals surface area contributed by atoms with Gasteiger partial charge >= 0.3 is 0 Å². The number of nitrogens with one attached hydrogen (secondary N) is 1. The van der Waals surface area contributed by atoms with Crippen LogP contribution in [0.3, 0.4) is 0 Å². The number of fused-ring (bicyclic) bond motifs is 1. The number of pyridine rings is 1. The second kappa shape index (κ2) is 4.20. The van der Waals surface area contributed by atoms with E-state index in [0.29, 0.717) is 6.54 Å². The lowest BCUT2D eigenvalue weighted by molar-refractivity contribution is 0.0607. The first-order valence-corrected chi connectivity index (χ1v) is 5.35. The predicted octanol–water partition coefficient (Wildman–Crippen LogP) is 1.66. The predicted molar refractivity (Wildman–Crippen MR) is 65.2 cm³/mol. The summed E-state index contributed by atoms with van der Waals surface area (Å²) in [6.45, 7) is 2.33. The van der Waals surface area contributed by atoms with E-state index in [1.807, 2.05) is 38.2 Å². The van der Waals surface area contributed by atoms with Crippen LogP contribution in [-0.4, -0.2) is 23.7 Å². The van der Waals surface area contributed by atoms with E-state index in [1.54, 1.807) is 12.4 Å². The Labute approximate surface area is 95.1 Å². The van der Waals surface area contributed by atoms with Gasteiger partial charge in [0, 0.05) is 24.3 Å². The van der Waals surface area contributed by atoms with E-state index in [-0.39, 0.29) is 0 Å². The number of aliphatic hydroxyl groups is 1. The van der Waals surface area contributed by atoms with Crippen molar-refractivity contribution in [1.82, 2.24) is 10.3 Å². The van der Waals surface area contributed by atoms with Crippen LogP contribution in [0.4, 0.5) is 0 Å². The molecule has 0 fully saturated rings. The number of aromatic nitrogens is 1. The summed E-state index contributed by atoms with van der Waals surface area (Å²) in [6, 6.07) is 7.88. The fraction of sp³-hybridized carbons (Fsp3) is 0.308. The Morgan fingerprint density at radius 2 is 2.19 bits per heavy atom. The molecule has 1 heterocycles. The summed E-state index contributed by atoms with van der Waals surface area (Å²) in [5.41, 5.74) is 0.0320. The van der Waals surface area contributed by atoms with Crippen molar-refractivity contribution in [3.8, 4) is 0 Å². The normalized spacial score (nSPS) is 14.9. The van der Waals surface area contributed by atoms with Crippen LogP contribution in [0.5, 0.6) is 0 Å². The molecule has 2 aromatic rings. The lowest BCUT2D eigenvalue weighted by Crippen LogP contribution is -2.33. The van der Waals surface area contributed by atoms with E-state index in [4.69, 9.17) is 0 Å². The second-order valence-corrected chi connectivity index (χ2v) is 4.21. The summed E-state index contributed by atoms with van der Waals surface area (Å²) < 4.78 is 0. The number of benzene rings is 1. The Balaban J connectivity index is 2.60. The van der Waals surface area contributed by atoms with Crippen LogP contribution >= 0.6 is 0 Å². The van der Waals surface area contributed by atoms with Crippen molar-refractivity contribution in [1.29, 1.82) is 0 Å². The lowest BCUT2D eigenvalue weighted by Gasteiger charge is -2.24. The summed E-state index contributed by atoms with van der Waals surface area (Å²) in [6.07, 6.45) is 3.56. The molecule has 1 unspecified atom stereocenters. The van der Waals surface area contributed by atoms with Crippen molar-refractivity contribution in [2.45, 2.75) is 12.5 Å². The molecule has 0 saturated carbocycles. The Morgan fingerprint density at radius 3 is 2.94 bits per heavy atom. The molecular formula is C13H16N2O. The van der Waals surface area contributed by atoms with Gasteiger partial charge in [0.1, 0.15) is 0 Å². The van der Waals surface area contributed by atoms with Crippen molar-refractivity contribution < 1.29 is 5.11 Å². The van der Waals surface area contributed by atoms with Crippen LogP contribution < -0.4 is 5.32 Å². The third-order valence-corrected chi connectivity index (χ3v) is 2.78. The quantitative estimate of drug-likeness (QED) is 0.820. The first-order chi connectivity index (χ1) is 7.65. The number of likely N-dealkylation sites (N-methyl/N-ethyl adjacent to an activating group) is 1. The maximum atomic E-state index is 10.4. The second-order valence-electron chi connectivity index (χ2n) is 4.21. The summed E-state index contributed by atoms with van der Waals surface area (Å²) in [4.78, 5) is 4.12. The van der Waals surface area contributed by atoms with E-state index < -0.39 is 5.60 Å². The fourth-order valence-corrected chi connectivity index (χ4v) is 2.02. The molecular weight excluding hydrogens is 200 g/mol. The Hall–Kier alpha value is -1.45.